The second-order valence-electron chi connectivity index (χ2n) is 5.53. The summed E-state index contributed by atoms with van der Waals surface area (Å²) < 4.78 is 28.3. The third-order valence-electron chi connectivity index (χ3n) is 3.52. The second kappa shape index (κ2) is 7.64. The van der Waals surface area contributed by atoms with E-state index in [-0.39, 0.29) is 5.92 Å². The number of hydrogen-bond acceptors (Lipinski definition) is 5. The fraction of sp³-hybridized carbons (Fsp3) is 0.769. The van der Waals surface area contributed by atoms with Gasteiger partial charge in [0.15, 0.2) is 0 Å². The summed E-state index contributed by atoms with van der Waals surface area (Å²) in [5.41, 5.74) is 0. The quantitative estimate of drug-likeness (QED) is 0.631. The Hall–Kier alpha value is -0.540. The maximum atomic E-state index is 12.1. The molecule has 1 heterocycles. The van der Waals surface area contributed by atoms with Crippen LogP contribution in [0.5, 0.6) is 0 Å². The molecule has 0 aromatic carbocycles. The van der Waals surface area contributed by atoms with Crippen LogP contribution < -0.4 is 10.0 Å². The van der Waals surface area contributed by atoms with Crippen LogP contribution in [0.3, 0.4) is 0 Å². The molecule has 2 rings (SSSR count). The summed E-state index contributed by atoms with van der Waals surface area (Å²) in [6.07, 6.45) is 5.08. The Bertz CT molecular complexity index is 514. The topological polar surface area (TPSA) is 74.3 Å². The first-order valence-electron chi connectivity index (χ1n) is 7.32. The molecule has 1 saturated carbocycles. The largest absolute Gasteiger partial charge is 0.314 e. The summed E-state index contributed by atoms with van der Waals surface area (Å²) in [4.78, 5) is 4.21. The predicted octanol–water partition coefficient (Wildman–Crippen LogP) is 1.15. The molecule has 1 aromatic rings. The zero-order valence-corrected chi connectivity index (χ0v) is 14.2. The van der Waals surface area contributed by atoms with Gasteiger partial charge in [0.1, 0.15) is 0 Å². The van der Waals surface area contributed by atoms with Gasteiger partial charge in [-0.05, 0) is 25.8 Å². The molecule has 8 heteroatoms. The molecule has 21 heavy (non-hydrogen) atoms. The van der Waals surface area contributed by atoms with Crippen LogP contribution >= 0.6 is 11.3 Å². The number of rotatable bonds is 10. The van der Waals surface area contributed by atoms with Crippen molar-refractivity contribution >= 4 is 21.5 Å². The first-order chi connectivity index (χ1) is 9.99. The van der Waals surface area contributed by atoms with Gasteiger partial charge in [-0.25, -0.2) is 9.71 Å². The Balaban J connectivity index is 1.69. The molecular formula is C13H24N4O2S2. The average molecular weight is 332 g/mol. The maximum absolute atomic E-state index is 12.1. The van der Waals surface area contributed by atoms with Crippen LogP contribution in [0.15, 0.2) is 11.6 Å². The minimum atomic E-state index is -3.40. The molecule has 1 atom stereocenters. The third-order valence-corrected chi connectivity index (χ3v) is 6.06. The van der Waals surface area contributed by atoms with Crippen molar-refractivity contribution in [3.05, 3.63) is 16.6 Å². The second-order valence-corrected chi connectivity index (χ2v) is 8.32. The van der Waals surface area contributed by atoms with E-state index in [0.29, 0.717) is 19.1 Å². The molecule has 0 radical (unpaired) electrons. The minimum absolute atomic E-state index is 0.0877. The summed E-state index contributed by atoms with van der Waals surface area (Å²) in [7, 11) is -1.78. The molecule has 1 aliphatic carbocycles. The summed E-state index contributed by atoms with van der Waals surface area (Å²) in [6.45, 7) is 3.75. The van der Waals surface area contributed by atoms with Crippen molar-refractivity contribution in [1.29, 1.82) is 0 Å². The van der Waals surface area contributed by atoms with Gasteiger partial charge in [0.2, 0.25) is 0 Å². The highest BCUT2D eigenvalue weighted by molar-refractivity contribution is 7.87. The molecule has 0 spiro atoms. The highest BCUT2D eigenvalue weighted by atomic mass is 32.2. The molecule has 0 amide bonds. The van der Waals surface area contributed by atoms with Gasteiger partial charge in [0, 0.05) is 43.7 Å². The maximum Gasteiger partial charge on any atom is 0.279 e. The molecule has 2 N–H and O–H groups in total. The molecule has 1 fully saturated rings. The Morgan fingerprint density at radius 3 is 2.90 bits per heavy atom. The zero-order valence-electron chi connectivity index (χ0n) is 12.6. The SMILES string of the molecule is CC(CNS(=O)(=O)N(C)CCCNC1CC1)c1nccs1. The number of nitrogens with zero attached hydrogens (tertiary/aromatic N) is 2. The van der Waals surface area contributed by atoms with E-state index in [0.717, 1.165) is 18.0 Å². The van der Waals surface area contributed by atoms with Crippen molar-refractivity contribution in [2.24, 2.45) is 0 Å². The Morgan fingerprint density at radius 1 is 1.52 bits per heavy atom. The van der Waals surface area contributed by atoms with Gasteiger partial charge in [-0.2, -0.15) is 12.7 Å². The smallest absolute Gasteiger partial charge is 0.279 e. The number of nitrogens with one attached hydrogen (secondary N) is 2. The van der Waals surface area contributed by atoms with Crippen LogP contribution in [0.2, 0.25) is 0 Å². The molecule has 1 aliphatic rings. The summed E-state index contributed by atoms with van der Waals surface area (Å²) in [6, 6.07) is 0.671. The van der Waals surface area contributed by atoms with Crippen molar-refractivity contribution in [1.82, 2.24) is 19.3 Å². The van der Waals surface area contributed by atoms with Gasteiger partial charge in [-0.15, -0.1) is 11.3 Å². The number of hydrogen-bond donors (Lipinski definition) is 2. The fourth-order valence-corrected chi connectivity index (χ4v) is 3.67. The normalized spacial score (nSPS) is 17.3. The van der Waals surface area contributed by atoms with Crippen molar-refractivity contribution in [3.63, 3.8) is 0 Å². The first kappa shape index (κ1) is 16.8. The van der Waals surface area contributed by atoms with E-state index in [4.69, 9.17) is 0 Å². The van der Waals surface area contributed by atoms with E-state index in [1.807, 2.05) is 12.3 Å². The molecule has 120 valence electrons. The number of aromatic nitrogens is 1. The van der Waals surface area contributed by atoms with Crippen LogP contribution in [0.25, 0.3) is 0 Å². The van der Waals surface area contributed by atoms with Crippen molar-refractivity contribution in [2.75, 3.05) is 26.7 Å². The van der Waals surface area contributed by atoms with Gasteiger partial charge in [-0.1, -0.05) is 6.92 Å². The molecular weight excluding hydrogens is 308 g/mol. The van der Waals surface area contributed by atoms with E-state index in [2.05, 4.69) is 15.0 Å². The minimum Gasteiger partial charge on any atom is -0.314 e. The van der Waals surface area contributed by atoms with Gasteiger partial charge in [0.25, 0.3) is 10.2 Å². The summed E-state index contributed by atoms with van der Waals surface area (Å²) >= 11 is 1.55. The first-order valence-corrected chi connectivity index (χ1v) is 9.64. The van der Waals surface area contributed by atoms with E-state index in [1.165, 1.54) is 17.1 Å². The van der Waals surface area contributed by atoms with Gasteiger partial charge in [-0.3, -0.25) is 0 Å². The Labute approximate surface area is 131 Å². The monoisotopic (exact) mass is 332 g/mol. The summed E-state index contributed by atoms with van der Waals surface area (Å²) in [5, 5.41) is 6.24. The fourth-order valence-electron chi connectivity index (χ4n) is 1.92. The lowest BCUT2D eigenvalue weighted by atomic mass is 10.2. The predicted molar refractivity (Wildman–Crippen MR) is 85.7 cm³/mol. The van der Waals surface area contributed by atoms with E-state index >= 15 is 0 Å². The van der Waals surface area contributed by atoms with Crippen molar-refractivity contribution in [2.45, 2.75) is 38.1 Å². The lowest BCUT2D eigenvalue weighted by Gasteiger charge is -2.19. The van der Waals surface area contributed by atoms with Crippen molar-refractivity contribution < 1.29 is 8.42 Å². The lowest BCUT2D eigenvalue weighted by Crippen LogP contribution is -2.40. The Kier molecular flexibility index (Phi) is 6.12. The van der Waals surface area contributed by atoms with Crippen LogP contribution in [0.4, 0.5) is 0 Å². The van der Waals surface area contributed by atoms with Crippen LogP contribution in [0, 0.1) is 0 Å². The van der Waals surface area contributed by atoms with Crippen LogP contribution in [0.1, 0.15) is 37.1 Å². The standard InChI is InChI=1S/C13H24N4O2S2/c1-11(13-15-7-9-20-13)10-16-21(18,19)17(2)8-3-6-14-12-4-5-12/h7,9,11-12,14,16H,3-6,8,10H2,1-2H3. The molecule has 0 aliphatic heterocycles. The van der Waals surface area contributed by atoms with E-state index < -0.39 is 10.2 Å². The Morgan fingerprint density at radius 2 is 2.29 bits per heavy atom. The molecule has 1 aromatic heterocycles. The third kappa shape index (κ3) is 5.63. The van der Waals surface area contributed by atoms with Gasteiger partial charge < -0.3 is 5.32 Å². The molecule has 0 saturated heterocycles. The van der Waals surface area contributed by atoms with E-state index in [1.54, 1.807) is 24.6 Å². The molecule has 6 nitrogen and oxygen atoms in total. The van der Waals surface area contributed by atoms with Crippen LogP contribution in [-0.2, 0) is 10.2 Å². The highest BCUT2D eigenvalue weighted by Crippen LogP contribution is 2.18. The average Bonchev–Trinajstić information content (AvgIpc) is 3.11. The molecule has 1 unspecified atom stereocenters. The zero-order chi connectivity index (χ0) is 15.3. The van der Waals surface area contributed by atoms with Crippen molar-refractivity contribution in [3.8, 4) is 0 Å². The highest BCUT2D eigenvalue weighted by Gasteiger charge is 2.21. The van der Waals surface area contributed by atoms with Gasteiger partial charge in [0.05, 0.1) is 5.01 Å². The van der Waals surface area contributed by atoms with Crippen LogP contribution in [-0.4, -0.2) is 50.4 Å². The lowest BCUT2D eigenvalue weighted by molar-refractivity contribution is 0.442. The molecule has 0 bridgehead atoms. The number of thiazole rings is 1. The van der Waals surface area contributed by atoms with Gasteiger partial charge >= 0.3 is 0 Å². The summed E-state index contributed by atoms with van der Waals surface area (Å²) in [5.74, 6) is 0.0877. The van der Waals surface area contributed by atoms with E-state index in [9.17, 15) is 8.42 Å².